The average molecular weight is 250 g/mol. The van der Waals surface area contributed by atoms with Gasteiger partial charge in [-0.15, -0.1) is 0 Å². The van der Waals surface area contributed by atoms with Crippen LogP contribution >= 0.6 is 0 Å². The highest BCUT2D eigenvalue weighted by molar-refractivity contribution is 5.81. The average Bonchev–Trinajstić information content (AvgIpc) is 2.33. The van der Waals surface area contributed by atoms with Gasteiger partial charge in [-0.1, -0.05) is 51.1 Å². The summed E-state index contributed by atoms with van der Waals surface area (Å²) < 4.78 is 5.66. The molecular formula is C14H22N2O2. The molecule has 1 unspecified atom stereocenters. The zero-order chi connectivity index (χ0) is 13.6. The van der Waals surface area contributed by atoms with Gasteiger partial charge in [0.05, 0.1) is 0 Å². The summed E-state index contributed by atoms with van der Waals surface area (Å²) in [6.07, 6.45) is 0.243. The van der Waals surface area contributed by atoms with Gasteiger partial charge in [-0.2, -0.15) is 0 Å². The third kappa shape index (κ3) is 4.85. The van der Waals surface area contributed by atoms with Crippen molar-refractivity contribution in [3.8, 4) is 0 Å². The molecule has 100 valence electrons. The summed E-state index contributed by atoms with van der Waals surface area (Å²) in [5.74, 6) is 4.86. The van der Waals surface area contributed by atoms with Gasteiger partial charge in [0.25, 0.3) is 5.91 Å². The molecule has 0 bridgehead atoms. The molecule has 0 aliphatic heterocycles. The number of nitrogens with one attached hydrogen (secondary N) is 1. The van der Waals surface area contributed by atoms with Crippen LogP contribution in [-0.4, -0.2) is 12.5 Å². The van der Waals surface area contributed by atoms with Gasteiger partial charge in [-0.25, -0.2) is 5.84 Å². The lowest BCUT2D eigenvalue weighted by molar-refractivity contribution is -0.133. The molecule has 0 aromatic heterocycles. The molecule has 0 heterocycles. The Kier molecular flexibility index (Phi) is 5.31. The zero-order valence-corrected chi connectivity index (χ0v) is 11.3. The predicted molar refractivity (Wildman–Crippen MR) is 71.5 cm³/mol. The van der Waals surface area contributed by atoms with E-state index in [1.54, 1.807) is 0 Å². The highest BCUT2D eigenvalue weighted by Crippen LogP contribution is 2.22. The van der Waals surface area contributed by atoms with Crippen LogP contribution in [0.2, 0.25) is 0 Å². The molecule has 3 N–H and O–H groups in total. The van der Waals surface area contributed by atoms with Crippen molar-refractivity contribution in [3.05, 3.63) is 35.9 Å². The fourth-order valence-corrected chi connectivity index (χ4v) is 1.51. The number of amides is 1. The van der Waals surface area contributed by atoms with Crippen LogP contribution in [0.15, 0.2) is 30.3 Å². The van der Waals surface area contributed by atoms with E-state index in [9.17, 15) is 4.79 Å². The molecule has 1 atom stereocenters. The van der Waals surface area contributed by atoms with Crippen LogP contribution in [0.5, 0.6) is 0 Å². The van der Waals surface area contributed by atoms with Gasteiger partial charge in [-0.3, -0.25) is 10.2 Å². The SMILES string of the molecule is CC(C)(C)CCOC(C(=O)NN)c1ccccc1. The Hall–Kier alpha value is -1.39. The number of ether oxygens (including phenoxy) is 1. The van der Waals surface area contributed by atoms with E-state index in [1.807, 2.05) is 30.3 Å². The maximum absolute atomic E-state index is 11.7. The van der Waals surface area contributed by atoms with Gasteiger partial charge in [0.15, 0.2) is 6.10 Å². The fourth-order valence-electron chi connectivity index (χ4n) is 1.51. The smallest absolute Gasteiger partial charge is 0.267 e. The van der Waals surface area contributed by atoms with E-state index in [0.717, 1.165) is 12.0 Å². The Morgan fingerprint density at radius 3 is 2.44 bits per heavy atom. The Morgan fingerprint density at radius 1 is 1.33 bits per heavy atom. The second-order valence-corrected chi connectivity index (χ2v) is 5.48. The van der Waals surface area contributed by atoms with E-state index in [2.05, 4.69) is 26.2 Å². The van der Waals surface area contributed by atoms with Gasteiger partial charge in [0.1, 0.15) is 0 Å². The molecule has 0 aliphatic rings. The second kappa shape index (κ2) is 6.52. The summed E-state index contributed by atoms with van der Waals surface area (Å²) in [6, 6.07) is 9.36. The molecule has 0 spiro atoms. The second-order valence-electron chi connectivity index (χ2n) is 5.48. The van der Waals surface area contributed by atoms with E-state index in [0.29, 0.717) is 6.61 Å². The van der Waals surface area contributed by atoms with Crippen molar-refractivity contribution in [2.45, 2.75) is 33.3 Å². The lowest BCUT2D eigenvalue weighted by Gasteiger charge is -2.21. The minimum atomic E-state index is -0.640. The summed E-state index contributed by atoms with van der Waals surface area (Å²) in [6.45, 7) is 6.93. The first-order valence-electron chi connectivity index (χ1n) is 6.11. The maximum atomic E-state index is 11.7. The standard InChI is InChI=1S/C14H22N2O2/c1-14(2,3)9-10-18-12(13(17)16-15)11-7-5-4-6-8-11/h4-8,12H,9-10,15H2,1-3H3,(H,16,17). The Bertz CT molecular complexity index is 371. The highest BCUT2D eigenvalue weighted by atomic mass is 16.5. The monoisotopic (exact) mass is 250 g/mol. The third-order valence-electron chi connectivity index (χ3n) is 2.62. The summed E-state index contributed by atoms with van der Waals surface area (Å²) in [5, 5.41) is 0. The van der Waals surface area contributed by atoms with Gasteiger partial charge in [0, 0.05) is 6.61 Å². The largest absolute Gasteiger partial charge is 0.364 e. The van der Waals surface area contributed by atoms with Crippen LogP contribution in [0.1, 0.15) is 38.9 Å². The summed E-state index contributed by atoms with van der Waals surface area (Å²) in [4.78, 5) is 11.7. The number of nitrogens with two attached hydrogens (primary N) is 1. The van der Waals surface area contributed by atoms with Crippen LogP contribution in [0.3, 0.4) is 0 Å². The molecule has 0 aliphatic carbocycles. The number of hydrogen-bond donors (Lipinski definition) is 2. The Balaban J connectivity index is 2.66. The molecular weight excluding hydrogens is 228 g/mol. The van der Waals surface area contributed by atoms with Crippen LogP contribution in [-0.2, 0) is 9.53 Å². The summed E-state index contributed by atoms with van der Waals surface area (Å²) in [5.41, 5.74) is 3.14. The first kappa shape index (κ1) is 14.7. The maximum Gasteiger partial charge on any atom is 0.267 e. The minimum Gasteiger partial charge on any atom is -0.364 e. The molecule has 0 saturated carbocycles. The molecule has 4 nitrogen and oxygen atoms in total. The van der Waals surface area contributed by atoms with Crippen molar-refractivity contribution in [3.63, 3.8) is 0 Å². The highest BCUT2D eigenvalue weighted by Gasteiger charge is 2.21. The summed E-state index contributed by atoms with van der Waals surface area (Å²) in [7, 11) is 0. The van der Waals surface area contributed by atoms with Crippen LogP contribution < -0.4 is 11.3 Å². The van der Waals surface area contributed by atoms with Crippen molar-refractivity contribution in [1.29, 1.82) is 0 Å². The predicted octanol–water partition coefficient (Wildman–Crippen LogP) is 2.17. The van der Waals surface area contributed by atoms with Gasteiger partial charge < -0.3 is 4.74 Å². The topological polar surface area (TPSA) is 64.3 Å². The van der Waals surface area contributed by atoms with Gasteiger partial charge >= 0.3 is 0 Å². The molecule has 0 saturated heterocycles. The number of benzene rings is 1. The van der Waals surface area contributed by atoms with E-state index in [4.69, 9.17) is 10.6 Å². The van der Waals surface area contributed by atoms with E-state index < -0.39 is 6.10 Å². The molecule has 1 amide bonds. The van der Waals surface area contributed by atoms with Crippen LogP contribution in [0, 0.1) is 5.41 Å². The quantitative estimate of drug-likeness (QED) is 0.478. The first-order chi connectivity index (χ1) is 8.44. The number of rotatable bonds is 5. The van der Waals surface area contributed by atoms with Crippen LogP contribution in [0.4, 0.5) is 0 Å². The molecule has 1 rings (SSSR count). The van der Waals surface area contributed by atoms with Crippen molar-refractivity contribution >= 4 is 5.91 Å². The van der Waals surface area contributed by atoms with Crippen molar-refractivity contribution in [1.82, 2.24) is 5.43 Å². The van der Waals surface area contributed by atoms with E-state index >= 15 is 0 Å². The molecule has 0 fully saturated rings. The molecule has 1 aromatic rings. The van der Waals surface area contributed by atoms with Crippen molar-refractivity contribution in [2.75, 3.05) is 6.61 Å². The molecule has 1 aromatic carbocycles. The fraction of sp³-hybridized carbons (Fsp3) is 0.500. The first-order valence-corrected chi connectivity index (χ1v) is 6.11. The Morgan fingerprint density at radius 2 is 1.94 bits per heavy atom. The number of carbonyl (C=O) groups is 1. The lowest BCUT2D eigenvalue weighted by Crippen LogP contribution is -2.36. The van der Waals surface area contributed by atoms with E-state index in [1.165, 1.54) is 0 Å². The molecule has 0 radical (unpaired) electrons. The summed E-state index contributed by atoms with van der Waals surface area (Å²) >= 11 is 0. The minimum absolute atomic E-state index is 0.181. The van der Waals surface area contributed by atoms with E-state index in [-0.39, 0.29) is 11.3 Å². The van der Waals surface area contributed by atoms with Crippen molar-refractivity contribution in [2.24, 2.45) is 11.3 Å². The third-order valence-corrected chi connectivity index (χ3v) is 2.62. The molecule has 4 heteroatoms. The van der Waals surface area contributed by atoms with Gasteiger partial charge in [-0.05, 0) is 17.4 Å². The van der Waals surface area contributed by atoms with Crippen molar-refractivity contribution < 1.29 is 9.53 Å². The Labute approximate surface area is 108 Å². The number of carbonyl (C=O) groups excluding carboxylic acids is 1. The lowest BCUT2D eigenvalue weighted by atomic mass is 9.93. The molecule has 18 heavy (non-hydrogen) atoms. The van der Waals surface area contributed by atoms with Gasteiger partial charge in [0.2, 0.25) is 0 Å². The number of hydrazine groups is 1. The van der Waals surface area contributed by atoms with Crippen LogP contribution in [0.25, 0.3) is 0 Å². The zero-order valence-electron chi connectivity index (χ0n) is 11.3. The number of hydrogen-bond acceptors (Lipinski definition) is 3. The normalized spacial score (nSPS) is 13.1.